The molecule has 3 N–H and O–H groups in total. The van der Waals surface area contributed by atoms with Gasteiger partial charge in [0.05, 0.1) is 5.75 Å². The third-order valence-electron chi connectivity index (χ3n) is 1.80. The first-order valence-corrected chi connectivity index (χ1v) is 6.62. The zero-order chi connectivity index (χ0) is 12.2. The Balaban J connectivity index is 2.50. The van der Waals surface area contributed by atoms with Crippen LogP contribution < -0.4 is 10.5 Å². The van der Waals surface area contributed by atoms with E-state index < -0.39 is 10.0 Å². The van der Waals surface area contributed by atoms with Crippen LogP contribution in [-0.2, 0) is 10.0 Å². The zero-order valence-corrected chi connectivity index (χ0v) is 10.1. The van der Waals surface area contributed by atoms with E-state index in [9.17, 15) is 13.2 Å². The molecule has 0 fully saturated rings. The number of carbonyl (C=O) groups excluding carboxylic acids is 1. The molecule has 7 heteroatoms. The molecule has 0 aliphatic rings. The average molecular weight is 260 g/mol. The van der Waals surface area contributed by atoms with E-state index in [0.717, 1.165) is 4.90 Å². The van der Waals surface area contributed by atoms with Crippen LogP contribution in [0, 0.1) is 0 Å². The zero-order valence-electron chi connectivity index (χ0n) is 8.38. The number of amides is 1. The lowest BCUT2D eigenvalue weighted by atomic mass is 10.2. The van der Waals surface area contributed by atoms with Crippen LogP contribution in [0.3, 0.4) is 0 Å². The Morgan fingerprint density at radius 3 is 2.38 bits per heavy atom. The maximum absolute atomic E-state index is 11.5. The number of benzene rings is 1. The monoisotopic (exact) mass is 260 g/mol. The van der Waals surface area contributed by atoms with Gasteiger partial charge < -0.3 is 5.32 Å². The van der Waals surface area contributed by atoms with Crippen molar-refractivity contribution in [2.24, 2.45) is 5.14 Å². The molecule has 0 aromatic heterocycles. The van der Waals surface area contributed by atoms with Crippen molar-refractivity contribution in [1.29, 1.82) is 0 Å². The average Bonchev–Trinajstić information content (AvgIpc) is 2.16. The Morgan fingerprint density at radius 2 is 1.88 bits per heavy atom. The molecule has 0 atom stereocenters. The van der Waals surface area contributed by atoms with Gasteiger partial charge in [-0.15, -0.1) is 12.6 Å². The molecule has 0 saturated heterocycles. The van der Waals surface area contributed by atoms with Crippen molar-refractivity contribution < 1.29 is 13.2 Å². The summed E-state index contributed by atoms with van der Waals surface area (Å²) in [5, 5.41) is 7.24. The van der Waals surface area contributed by atoms with Crippen LogP contribution in [0.5, 0.6) is 0 Å². The van der Waals surface area contributed by atoms with E-state index in [1.54, 1.807) is 24.3 Å². The Hall–Kier alpha value is -1.05. The molecule has 0 bridgehead atoms. The van der Waals surface area contributed by atoms with Gasteiger partial charge in [0.25, 0.3) is 5.91 Å². The van der Waals surface area contributed by atoms with Gasteiger partial charge in [0.2, 0.25) is 10.0 Å². The van der Waals surface area contributed by atoms with Crippen molar-refractivity contribution in [3.05, 3.63) is 29.8 Å². The number of hydrogen-bond acceptors (Lipinski definition) is 4. The van der Waals surface area contributed by atoms with Crippen LogP contribution in [0.1, 0.15) is 10.4 Å². The van der Waals surface area contributed by atoms with Crippen molar-refractivity contribution in [2.45, 2.75) is 4.90 Å². The molecular weight excluding hydrogens is 248 g/mol. The summed E-state index contributed by atoms with van der Waals surface area (Å²) in [6, 6.07) is 6.57. The number of carbonyl (C=O) groups is 1. The van der Waals surface area contributed by atoms with Crippen LogP contribution >= 0.6 is 12.6 Å². The summed E-state index contributed by atoms with van der Waals surface area (Å²) in [6.07, 6.45) is 0. The van der Waals surface area contributed by atoms with E-state index in [4.69, 9.17) is 5.14 Å². The predicted octanol–water partition coefficient (Wildman–Crippen LogP) is -0.00640. The van der Waals surface area contributed by atoms with Crippen LogP contribution in [0.15, 0.2) is 29.2 Å². The lowest BCUT2D eigenvalue weighted by Gasteiger charge is -2.04. The molecule has 1 amide bonds. The molecule has 0 radical (unpaired) electrons. The highest BCUT2D eigenvalue weighted by atomic mass is 32.2. The first-order valence-electron chi connectivity index (χ1n) is 4.46. The van der Waals surface area contributed by atoms with Crippen molar-refractivity contribution in [2.75, 3.05) is 12.3 Å². The van der Waals surface area contributed by atoms with E-state index >= 15 is 0 Å². The van der Waals surface area contributed by atoms with Gasteiger partial charge in [0.1, 0.15) is 0 Å². The van der Waals surface area contributed by atoms with Gasteiger partial charge >= 0.3 is 0 Å². The number of primary sulfonamides is 1. The van der Waals surface area contributed by atoms with Gasteiger partial charge in [-0.1, -0.05) is 0 Å². The third-order valence-corrected chi connectivity index (χ3v) is 2.87. The molecule has 1 aromatic carbocycles. The van der Waals surface area contributed by atoms with Gasteiger partial charge in [-0.05, 0) is 24.3 Å². The predicted molar refractivity (Wildman–Crippen MR) is 64.0 cm³/mol. The molecule has 0 saturated carbocycles. The minimum Gasteiger partial charge on any atom is -0.351 e. The fourth-order valence-electron chi connectivity index (χ4n) is 1.02. The smallest absolute Gasteiger partial charge is 0.251 e. The first kappa shape index (κ1) is 13.0. The summed E-state index contributed by atoms with van der Waals surface area (Å²) in [5.41, 5.74) is 0.451. The summed E-state index contributed by atoms with van der Waals surface area (Å²) in [5.74, 6) is -0.611. The normalized spacial score (nSPS) is 11.1. The molecule has 16 heavy (non-hydrogen) atoms. The molecule has 0 unspecified atom stereocenters. The van der Waals surface area contributed by atoms with Gasteiger partial charge in [-0.2, -0.15) is 0 Å². The van der Waals surface area contributed by atoms with Gasteiger partial charge in [0.15, 0.2) is 0 Å². The molecule has 0 spiro atoms. The molecule has 0 aliphatic carbocycles. The maximum atomic E-state index is 11.5. The SMILES string of the molecule is NS(=O)(=O)CCNC(=O)c1ccc(S)cc1. The largest absolute Gasteiger partial charge is 0.351 e. The minimum absolute atomic E-state index is 0.000291. The van der Waals surface area contributed by atoms with Crippen molar-refractivity contribution in [1.82, 2.24) is 5.32 Å². The van der Waals surface area contributed by atoms with E-state index in [1.165, 1.54) is 0 Å². The van der Waals surface area contributed by atoms with E-state index in [-0.39, 0.29) is 18.2 Å². The Kier molecular flexibility index (Phi) is 4.34. The van der Waals surface area contributed by atoms with Crippen molar-refractivity contribution in [3.63, 3.8) is 0 Å². The third kappa shape index (κ3) is 4.65. The van der Waals surface area contributed by atoms with Crippen LogP contribution in [0.2, 0.25) is 0 Å². The number of hydrogen-bond donors (Lipinski definition) is 3. The number of nitrogens with two attached hydrogens (primary N) is 1. The summed E-state index contributed by atoms with van der Waals surface area (Å²) in [6.45, 7) is 0.000291. The highest BCUT2D eigenvalue weighted by Crippen LogP contribution is 2.07. The molecule has 5 nitrogen and oxygen atoms in total. The Labute approximate surface area is 99.5 Å². The van der Waals surface area contributed by atoms with E-state index in [2.05, 4.69) is 17.9 Å². The van der Waals surface area contributed by atoms with E-state index in [1.807, 2.05) is 0 Å². The number of nitrogens with one attached hydrogen (secondary N) is 1. The Morgan fingerprint density at radius 1 is 1.31 bits per heavy atom. The molecule has 88 valence electrons. The Bertz CT molecular complexity index is 468. The quantitative estimate of drug-likeness (QED) is 0.665. The summed E-state index contributed by atoms with van der Waals surface area (Å²) < 4.78 is 21.2. The van der Waals surface area contributed by atoms with Gasteiger partial charge in [-0.25, -0.2) is 13.6 Å². The van der Waals surface area contributed by atoms with E-state index in [0.29, 0.717) is 5.56 Å². The van der Waals surface area contributed by atoms with Crippen LogP contribution in [0.4, 0.5) is 0 Å². The first-order chi connectivity index (χ1) is 7.38. The van der Waals surface area contributed by atoms with Gasteiger partial charge in [0, 0.05) is 17.0 Å². The second kappa shape index (κ2) is 5.33. The second-order valence-electron chi connectivity index (χ2n) is 3.17. The highest BCUT2D eigenvalue weighted by molar-refractivity contribution is 7.89. The van der Waals surface area contributed by atoms with Crippen LogP contribution in [-0.4, -0.2) is 26.6 Å². The minimum atomic E-state index is -3.54. The molecule has 1 rings (SSSR count). The molecule has 0 heterocycles. The molecule has 1 aromatic rings. The second-order valence-corrected chi connectivity index (χ2v) is 5.42. The summed E-state index contributed by atoms with van der Waals surface area (Å²) >= 11 is 4.08. The molecule has 0 aliphatic heterocycles. The lowest BCUT2D eigenvalue weighted by Crippen LogP contribution is -2.31. The lowest BCUT2D eigenvalue weighted by molar-refractivity contribution is 0.0956. The standard InChI is InChI=1S/C9H12N2O3S2/c10-16(13,14)6-5-11-9(12)7-1-3-8(15)4-2-7/h1-4,15H,5-6H2,(H,11,12)(H2,10,13,14). The fourth-order valence-corrected chi connectivity index (χ4v) is 1.56. The van der Waals surface area contributed by atoms with Gasteiger partial charge in [-0.3, -0.25) is 4.79 Å². The topological polar surface area (TPSA) is 89.3 Å². The highest BCUT2D eigenvalue weighted by Gasteiger charge is 2.06. The van der Waals surface area contributed by atoms with Crippen LogP contribution in [0.25, 0.3) is 0 Å². The number of rotatable bonds is 4. The summed E-state index contributed by atoms with van der Waals surface area (Å²) in [7, 11) is -3.54. The summed E-state index contributed by atoms with van der Waals surface area (Å²) in [4.78, 5) is 12.2. The van der Waals surface area contributed by atoms with Crippen molar-refractivity contribution in [3.8, 4) is 0 Å². The molecular formula is C9H12N2O3S2. The fraction of sp³-hybridized carbons (Fsp3) is 0.222. The maximum Gasteiger partial charge on any atom is 0.251 e. The van der Waals surface area contributed by atoms with Crippen molar-refractivity contribution >= 4 is 28.6 Å². The number of sulfonamides is 1. The number of thiol groups is 1.